The van der Waals surface area contributed by atoms with Crippen molar-refractivity contribution in [3.05, 3.63) is 111 Å². The number of likely N-dealkylation sites (N-methyl/N-ethyl adjacent to an activating group) is 1. The first-order chi connectivity index (χ1) is 56.0. The van der Waals surface area contributed by atoms with Gasteiger partial charge in [-0.15, -0.1) is 11.3 Å². The van der Waals surface area contributed by atoms with Crippen LogP contribution in [0.5, 0.6) is 0 Å². The molecular weight excluding hydrogens is 1520 g/mol. The zero-order chi connectivity index (χ0) is 85.1. The molecule has 0 spiro atoms. The van der Waals surface area contributed by atoms with Crippen LogP contribution in [0.2, 0.25) is 0 Å². The first-order valence-corrected chi connectivity index (χ1v) is 42.1. The Morgan fingerprint density at radius 2 is 1.37 bits per heavy atom. The lowest BCUT2D eigenvalue weighted by atomic mass is 9.84. The molecule has 0 radical (unpaired) electrons. The second-order valence-corrected chi connectivity index (χ2v) is 32.3. The highest BCUT2D eigenvalue weighted by atomic mass is 32.1. The molecule has 7 rings (SSSR count). The number of nitrogens with zero attached hydrogens (tertiary/aromatic N) is 4. The highest BCUT2D eigenvalue weighted by Crippen LogP contribution is 2.52. The number of benzene rings is 3. The van der Waals surface area contributed by atoms with Gasteiger partial charge in [-0.1, -0.05) is 129 Å². The zero-order valence-electron chi connectivity index (χ0n) is 69.9. The van der Waals surface area contributed by atoms with E-state index >= 15 is 4.79 Å². The van der Waals surface area contributed by atoms with Gasteiger partial charge < -0.3 is 82.0 Å². The number of carbonyl (C=O) groups is 11. The van der Waals surface area contributed by atoms with Gasteiger partial charge in [0.1, 0.15) is 28.8 Å². The van der Waals surface area contributed by atoms with Crippen LogP contribution >= 0.6 is 11.3 Å². The number of anilines is 2. The quantitative estimate of drug-likeness (QED) is 0.0145. The molecule has 4 aromatic rings. The zero-order valence-corrected chi connectivity index (χ0v) is 70.8. The fourth-order valence-corrected chi connectivity index (χ4v) is 14.8. The van der Waals surface area contributed by atoms with E-state index in [0.29, 0.717) is 56.9 Å². The van der Waals surface area contributed by atoms with Crippen LogP contribution < -0.4 is 53.2 Å². The Morgan fingerprint density at radius 1 is 0.701 bits per heavy atom. The molecule has 32 heteroatoms. The summed E-state index contributed by atoms with van der Waals surface area (Å²) in [6.45, 7) is 20.0. The van der Waals surface area contributed by atoms with Gasteiger partial charge in [-0.3, -0.25) is 52.9 Å². The fourth-order valence-electron chi connectivity index (χ4n) is 14.0. The molecule has 3 aliphatic rings. The number of hydroxylamine groups is 2. The monoisotopic (exact) mass is 1650 g/mol. The third-order valence-corrected chi connectivity index (χ3v) is 22.0. The van der Waals surface area contributed by atoms with Crippen LogP contribution in [0.15, 0.2) is 78.2 Å². The van der Waals surface area contributed by atoms with E-state index in [1.54, 1.807) is 56.9 Å². The summed E-state index contributed by atoms with van der Waals surface area (Å²) in [6.07, 6.45) is 4.92. The number of carbonyl (C=O) groups excluding carboxylic acids is 10. The van der Waals surface area contributed by atoms with Crippen LogP contribution in [0.4, 0.5) is 21.0 Å². The maximum atomic E-state index is 15.1. The molecule has 3 heterocycles. The number of amides is 11. The van der Waals surface area contributed by atoms with Crippen molar-refractivity contribution < 1.29 is 86.4 Å². The SMILES string of the molecule is CCCCCON(C(=O)[C@@H](NC(=O)[C@H]1CCCCN1C)[C@@H](C)CC)[C@H](C[C@@H](OC(=O)NC)c1nc(C(=O)N[C@@H](Cc2ccc(NC(=O)[C@H](CCCNC(N)=O)NC(=O)[C@@H](NC(=O)CCOCCOCCOCCOCCNC(=O)CCC(=O)N3Cc4ccccc4C4=C(C4)c4ccccc43)C(C)C)cc2)CC(C)(C)C(=O)O)cs1)C(C)C. The van der Waals surface area contributed by atoms with Crippen molar-refractivity contribution >= 4 is 99.2 Å². The van der Waals surface area contributed by atoms with Crippen LogP contribution in [0, 0.1) is 23.2 Å². The third-order valence-electron chi connectivity index (χ3n) is 21.1. The number of carboxylic acid groups (broad SMARTS) is 1. The molecule has 1 aromatic heterocycles. The number of hydrogen-bond acceptors (Lipinski definition) is 20. The van der Waals surface area contributed by atoms with E-state index in [0.717, 1.165) is 66.8 Å². The number of alkyl carbamates (subject to hydrolysis) is 1. The van der Waals surface area contributed by atoms with Crippen molar-refractivity contribution in [2.24, 2.45) is 28.9 Å². The Bertz CT molecular complexity index is 3970. The summed E-state index contributed by atoms with van der Waals surface area (Å²) in [5.74, 6) is -5.45. The summed E-state index contributed by atoms with van der Waals surface area (Å²) >= 11 is 1.06. The van der Waals surface area contributed by atoms with Crippen LogP contribution in [0.25, 0.3) is 11.1 Å². The van der Waals surface area contributed by atoms with E-state index in [-0.39, 0.29) is 144 Å². The molecule has 3 aromatic carbocycles. The van der Waals surface area contributed by atoms with Gasteiger partial charge in [0.15, 0.2) is 6.10 Å². The maximum Gasteiger partial charge on any atom is 0.407 e. The van der Waals surface area contributed by atoms with Gasteiger partial charge >= 0.3 is 18.1 Å². The fraction of sp³-hybridized carbons (Fsp3) is 0.600. The number of carboxylic acids is 1. The van der Waals surface area contributed by atoms with Gasteiger partial charge in [-0.05, 0) is 143 Å². The molecule has 0 unspecified atom stereocenters. The third kappa shape index (κ3) is 30.5. The predicted molar refractivity (Wildman–Crippen MR) is 445 cm³/mol. The number of piperidine rings is 1. The van der Waals surface area contributed by atoms with Crippen LogP contribution in [0.1, 0.15) is 202 Å². The summed E-state index contributed by atoms with van der Waals surface area (Å²) in [6, 6.07) is 16.9. The summed E-state index contributed by atoms with van der Waals surface area (Å²) in [5, 5.41) is 35.7. The number of ether oxygens (including phenoxy) is 5. The average Bonchev–Trinajstić information content (AvgIpc) is 1.59. The normalized spacial score (nSPS) is 15.7. The van der Waals surface area contributed by atoms with E-state index in [2.05, 4.69) is 67.7 Å². The molecule has 1 aliphatic carbocycles. The van der Waals surface area contributed by atoms with Gasteiger partial charge in [0.05, 0.1) is 89.2 Å². The van der Waals surface area contributed by atoms with Gasteiger partial charge in [0.2, 0.25) is 35.4 Å². The summed E-state index contributed by atoms with van der Waals surface area (Å²) < 4.78 is 28.4. The standard InChI is InChI=1S/C85H125N13O18S/c1-12-14-21-39-115-98(81(106)75(56(7)13-2)95-78(104)68-28-19-20-38-96(68)11)69(54(3)4)50-70(116-84(110)87-10)80-93-66(53-117-80)77(103)91-60(51-85(8,9)82(107)108)48-57-29-31-59(32-30-57)90-76(102)65(26-22-36-89-83(86)109)92-79(105)74(55(5)6)94-72(100)35-40-111-42-44-113-46-47-114-45-43-112-41-37-88-71(99)33-34-73(101)97-52-58-23-15-16-24-61(58)63-49-64(63)62-25-17-18-27-67(62)97/h15-18,23-25,27,29-32,53-56,60,65,68-70,74-75H,12-14,19-22,26,28,33-52H2,1-11H3,(H,87,110)(H,88,99)(H,90,102)(H,91,103)(H,92,105)(H,94,100)(H,95,104)(H,107,108)(H3,86,89,109)/t56-,60-,65-,68+,69+,70+,74-,75-/m0/s1. The number of allylic oxidation sites excluding steroid dienone is 2. The lowest BCUT2D eigenvalue weighted by Gasteiger charge is -2.39. The molecule has 117 heavy (non-hydrogen) atoms. The lowest BCUT2D eigenvalue weighted by Crippen LogP contribution is -2.58. The number of primary amides is 1. The van der Waals surface area contributed by atoms with Crippen molar-refractivity contribution in [1.29, 1.82) is 0 Å². The topological polar surface area (TPSA) is 408 Å². The molecule has 11 amide bonds. The highest BCUT2D eigenvalue weighted by Gasteiger charge is 2.42. The first-order valence-electron chi connectivity index (χ1n) is 41.2. The summed E-state index contributed by atoms with van der Waals surface area (Å²) in [5.41, 5.74) is 11.7. The molecule has 644 valence electrons. The average molecular weight is 1650 g/mol. The Kier molecular flexibility index (Phi) is 39.2. The number of aromatic nitrogens is 1. The number of nitrogens with two attached hydrogens (primary N) is 1. The Morgan fingerprint density at radius 3 is 2.02 bits per heavy atom. The minimum absolute atomic E-state index is 0.00775. The van der Waals surface area contributed by atoms with E-state index in [1.807, 2.05) is 70.0 Å². The van der Waals surface area contributed by atoms with E-state index in [4.69, 9.17) is 39.2 Å². The summed E-state index contributed by atoms with van der Waals surface area (Å²) in [7, 11) is 3.31. The van der Waals surface area contributed by atoms with Crippen LogP contribution in [0.3, 0.4) is 0 Å². The number of aliphatic carboxylic acids is 1. The number of para-hydroxylation sites is 1. The largest absolute Gasteiger partial charge is 0.481 e. The minimum atomic E-state index is -1.33. The van der Waals surface area contributed by atoms with E-state index < -0.39 is 101 Å². The minimum Gasteiger partial charge on any atom is -0.481 e. The molecule has 2 aliphatic heterocycles. The second-order valence-electron chi connectivity index (χ2n) is 31.4. The van der Waals surface area contributed by atoms with Crippen molar-refractivity contribution in [1.82, 2.24) is 52.2 Å². The van der Waals surface area contributed by atoms with Crippen molar-refractivity contribution in [2.45, 2.75) is 214 Å². The van der Waals surface area contributed by atoms with Gasteiger partial charge in [-0.25, -0.2) is 19.6 Å². The molecule has 8 atom stereocenters. The van der Waals surface area contributed by atoms with Gasteiger partial charge in [0.25, 0.3) is 11.8 Å². The second kappa shape index (κ2) is 48.4. The number of urea groups is 1. The van der Waals surface area contributed by atoms with Crippen molar-refractivity contribution in [3.8, 4) is 0 Å². The number of hydrogen-bond donors (Lipinski definition) is 10. The number of rotatable bonds is 51. The molecular formula is C85H125N13O18S. The van der Waals surface area contributed by atoms with Crippen LogP contribution in [-0.4, -0.2) is 215 Å². The highest BCUT2D eigenvalue weighted by molar-refractivity contribution is 7.09. The van der Waals surface area contributed by atoms with E-state index in [1.165, 1.54) is 34.2 Å². The molecule has 11 N–H and O–H groups in total. The number of likely N-dealkylation sites (tertiary alicyclic amines) is 1. The van der Waals surface area contributed by atoms with E-state index in [9.17, 15) is 53.1 Å². The maximum absolute atomic E-state index is 15.1. The Balaban J connectivity index is 0.855. The molecule has 0 saturated carbocycles. The molecule has 31 nitrogen and oxygen atoms in total. The van der Waals surface area contributed by atoms with Gasteiger partial charge in [0, 0.05) is 68.5 Å². The van der Waals surface area contributed by atoms with Crippen molar-refractivity contribution in [3.63, 3.8) is 0 Å². The summed E-state index contributed by atoms with van der Waals surface area (Å²) in [4.78, 5) is 163. The number of fused-ring (bicyclic) bond motifs is 4. The number of thiazole rings is 1. The Hall–Kier alpha value is -9.44. The number of unbranched alkanes of at least 4 members (excludes halogenated alkanes) is 2. The predicted octanol–water partition coefficient (Wildman–Crippen LogP) is 8.99. The smallest absolute Gasteiger partial charge is 0.407 e. The molecule has 1 saturated heterocycles. The molecule has 0 bridgehead atoms. The Labute approximate surface area is 691 Å². The van der Waals surface area contributed by atoms with Gasteiger partial charge in [-0.2, -0.15) is 0 Å². The molecule has 1 fully saturated rings. The first kappa shape index (κ1) is 94.7. The number of nitrogens with one attached hydrogen (secondary N) is 8. The van der Waals surface area contributed by atoms with Crippen molar-refractivity contribution in [2.75, 3.05) is 103 Å². The lowest BCUT2D eigenvalue weighted by molar-refractivity contribution is -0.212. The van der Waals surface area contributed by atoms with Crippen LogP contribution in [-0.2, 0) is 79.8 Å².